The highest BCUT2D eigenvalue weighted by Gasteiger charge is 2.33. The third-order valence-electron chi connectivity index (χ3n) is 4.87. The number of carbonyl (C=O) groups is 1. The normalized spacial score (nSPS) is 14.4. The van der Waals surface area contributed by atoms with E-state index < -0.39 is 11.7 Å². The lowest BCUT2D eigenvalue weighted by atomic mass is 10.1. The Balaban J connectivity index is 1.52. The van der Waals surface area contributed by atoms with Crippen LogP contribution >= 0.6 is 0 Å². The fraction of sp³-hybridized carbons (Fsp3) is 0.158. The largest absolute Gasteiger partial charge is 0.417 e. The number of carbonyl (C=O) groups excluding carboxylic acids is 1. The summed E-state index contributed by atoms with van der Waals surface area (Å²) in [5.41, 5.74) is 1.72. The molecule has 0 fully saturated rings. The van der Waals surface area contributed by atoms with E-state index in [2.05, 4.69) is 15.1 Å². The maximum Gasteiger partial charge on any atom is 0.417 e. The van der Waals surface area contributed by atoms with Crippen LogP contribution in [0.4, 0.5) is 19.0 Å². The molecule has 0 aromatic carbocycles. The van der Waals surface area contributed by atoms with Crippen molar-refractivity contribution in [3.8, 4) is 11.1 Å². The molecular weight excluding hydrogens is 385 g/mol. The lowest BCUT2D eigenvalue weighted by molar-refractivity contribution is -0.137. The summed E-state index contributed by atoms with van der Waals surface area (Å²) in [4.78, 5) is 22.6. The van der Waals surface area contributed by atoms with E-state index in [9.17, 15) is 18.0 Å². The van der Waals surface area contributed by atoms with Gasteiger partial charge in [0.15, 0.2) is 0 Å². The summed E-state index contributed by atoms with van der Waals surface area (Å²) in [6, 6.07) is 5.82. The Morgan fingerprint density at radius 1 is 1.00 bits per heavy atom. The standard InChI is InChI=1S/C19H13F3N6O/c20-19(21,22)13-2-4-16(24-9-13)27-7-8-28-17(18(27)29)14(10-25-28)12-1-3-15-23-5-6-26(15)11-12/h1-6,9-11H,7-8H2. The summed E-state index contributed by atoms with van der Waals surface area (Å²) in [5.74, 6) is -0.187. The molecule has 5 rings (SSSR count). The molecule has 29 heavy (non-hydrogen) atoms. The molecule has 5 heterocycles. The van der Waals surface area contributed by atoms with Crippen LogP contribution in [0.15, 0.2) is 55.2 Å². The Morgan fingerprint density at radius 3 is 2.62 bits per heavy atom. The predicted octanol–water partition coefficient (Wildman–Crippen LogP) is 3.27. The Labute approximate surface area is 162 Å². The van der Waals surface area contributed by atoms with Crippen LogP contribution in [0.5, 0.6) is 0 Å². The van der Waals surface area contributed by atoms with Gasteiger partial charge in [-0.1, -0.05) is 0 Å². The predicted molar refractivity (Wildman–Crippen MR) is 97.3 cm³/mol. The molecule has 0 aliphatic carbocycles. The lowest BCUT2D eigenvalue weighted by Gasteiger charge is -2.27. The maximum absolute atomic E-state index is 13.2. The minimum absolute atomic E-state index is 0.173. The fourth-order valence-corrected chi connectivity index (χ4v) is 3.43. The zero-order valence-corrected chi connectivity index (χ0v) is 14.8. The molecule has 0 saturated carbocycles. The van der Waals surface area contributed by atoms with Crippen LogP contribution in [0.25, 0.3) is 16.8 Å². The number of halogens is 3. The van der Waals surface area contributed by atoms with Gasteiger partial charge in [0, 0.05) is 42.5 Å². The van der Waals surface area contributed by atoms with Gasteiger partial charge in [0.25, 0.3) is 5.91 Å². The quantitative estimate of drug-likeness (QED) is 0.520. The van der Waals surface area contributed by atoms with E-state index in [0.717, 1.165) is 23.5 Å². The number of hydrogen-bond acceptors (Lipinski definition) is 4. The molecule has 0 saturated heterocycles. The van der Waals surface area contributed by atoms with E-state index in [4.69, 9.17) is 0 Å². The number of fused-ring (bicyclic) bond motifs is 2. The Hall–Kier alpha value is -3.69. The van der Waals surface area contributed by atoms with E-state index in [0.29, 0.717) is 17.8 Å². The smallest absolute Gasteiger partial charge is 0.306 e. The molecule has 1 amide bonds. The number of amides is 1. The van der Waals surface area contributed by atoms with Crippen molar-refractivity contribution in [2.45, 2.75) is 12.7 Å². The van der Waals surface area contributed by atoms with Crippen LogP contribution in [-0.2, 0) is 12.7 Å². The van der Waals surface area contributed by atoms with Crippen LogP contribution in [0.2, 0.25) is 0 Å². The van der Waals surface area contributed by atoms with Gasteiger partial charge < -0.3 is 4.40 Å². The Morgan fingerprint density at radius 2 is 1.86 bits per heavy atom. The minimum Gasteiger partial charge on any atom is -0.306 e. The van der Waals surface area contributed by atoms with Crippen molar-refractivity contribution in [2.24, 2.45) is 0 Å². The lowest BCUT2D eigenvalue weighted by Crippen LogP contribution is -2.41. The van der Waals surface area contributed by atoms with Gasteiger partial charge in [-0.15, -0.1) is 0 Å². The first-order valence-corrected chi connectivity index (χ1v) is 8.76. The van der Waals surface area contributed by atoms with E-state index in [1.165, 1.54) is 11.0 Å². The fourth-order valence-electron chi connectivity index (χ4n) is 3.43. The zero-order valence-electron chi connectivity index (χ0n) is 14.8. The second-order valence-electron chi connectivity index (χ2n) is 6.60. The van der Waals surface area contributed by atoms with E-state index >= 15 is 0 Å². The van der Waals surface area contributed by atoms with E-state index in [1.807, 2.05) is 22.7 Å². The molecule has 4 aromatic rings. The highest BCUT2D eigenvalue weighted by molar-refractivity contribution is 6.09. The third kappa shape index (κ3) is 2.84. The van der Waals surface area contributed by atoms with E-state index in [1.54, 1.807) is 23.3 Å². The summed E-state index contributed by atoms with van der Waals surface area (Å²) >= 11 is 0. The summed E-state index contributed by atoms with van der Waals surface area (Å²) in [6.45, 7) is 0.684. The van der Waals surface area contributed by atoms with Gasteiger partial charge in [-0.3, -0.25) is 14.4 Å². The second kappa shape index (κ2) is 6.16. The topological polar surface area (TPSA) is 68.3 Å². The minimum atomic E-state index is -4.48. The summed E-state index contributed by atoms with van der Waals surface area (Å²) in [6.07, 6.45) is 3.21. The number of pyridine rings is 2. The molecule has 0 atom stereocenters. The van der Waals surface area contributed by atoms with Gasteiger partial charge in [0.1, 0.15) is 17.2 Å². The number of anilines is 1. The molecule has 146 valence electrons. The van der Waals surface area contributed by atoms with Crippen LogP contribution in [0.1, 0.15) is 16.1 Å². The molecule has 0 N–H and O–H groups in total. The molecule has 0 spiro atoms. The van der Waals surface area contributed by atoms with Crippen LogP contribution < -0.4 is 4.90 Å². The van der Waals surface area contributed by atoms with Gasteiger partial charge >= 0.3 is 6.18 Å². The summed E-state index contributed by atoms with van der Waals surface area (Å²) in [5, 5.41) is 4.30. The average molecular weight is 398 g/mol. The number of imidazole rings is 1. The molecule has 7 nitrogen and oxygen atoms in total. The first-order valence-electron chi connectivity index (χ1n) is 8.76. The Bertz CT molecular complexity index is 1220. The molecule has 4 aromatic heterocycles. The first-order chi connectivity index (χ1) is 13.9. The van der Waals surface area contributed by atoms with Gasteiger partial charge in [0.05, 0.1) is 18.3 Å². The van der Waals surface area contributed by atoms with Crippen molar-refractivity contribution < 1.29 is 18.0 Å². The SMILES string of the molecule is O=C1c2c(-c3ccc4nccn4c3)cnn2CCN1c1ccc(C(F)(F)F)cn1. The van der Waals surface area contributed by atoms with Crippen molar-refractivity contribution in [3.63, 3.8) is 0 Å². The number of aromatic nitrogens is 5. The number of rotatable bonds is 2. The van der Waals surface area contributed by atoms with Gasteiger partial charge in [-0.25, -0.2) is 9.97 Å². The molecule has 0 bridgehead atoms. The van der Waals surface area contributed by atoms with Gasteiger partial charge in [0.2, 0.25) is 0 Å². The van der Waals surface area contributed by atoms with Crippen molar-refractivity contribution in [1.82, 2.24) is 24.1 Å². The van der Waals surface area contributed by atoms with Crippen molar-refractivity contribution >= 4 is 17.4 Å². The van der Waals surface area contributed by atoms with Crippen LogP contribution in [-0.4, -0.2) is 36.6 Å². The third-order valence-corrected chi connectivity index (χ3v) is 4.87. The van der Waals surface area contributed by atoms with E-state index in [-0.39, 0.29) is 18.3 Å². The zero-order chi connectivity index (χ0) is 20.2. The molecule has 1 aliphatic heterocycles. The number of nitrogens with zero attached hydrogens (tertiary/aromatic N) is 6. The average Bonchev–Trinajstić information content (AvgIpc) is 3.34. The number of hydrogen-bond donors (Lipinski definition) is 0. The highest BCUT2D eigenvalue weighted by Crippen LogP contribution is 2.31. The summed E-state index contributed by atoms with van der Waals surface area (Å²) in [7, 11) is 0. The molecule has 0 radical (unpaired) electrons. The van der Waals surface area contributed by atoms with Crippen molar-refractivity contribution in [3.05, 3.63) is 66.5 Å². The molecule has 1 aliphatic rings. The van der Waals surface area contributed by atoms with Crippen molar-refractivity contribution in [2.75, 3.05) is 11.4 Å². The maximum atomic E-state index is 13.2. The van der Waals surface area contributed by atoms with Crippen LogP contribution in [0.3, 0.4) is 0 Å². The first kappa shape index (κ1) is 17.4. The molecule has 0 unspecified atom stereocenters. The monoisotopic (exact) mass is 398 g/mol. The van der Waals surface area contributed by atoms with Crippen LogP contribution in [0, 0.1) is 0 Å². The Kier molecular flexibility index (Phi) is 3.70. The molecular formula is C19H13F3N6O. The highest BCUT2D eigenvalue weighted by atomic mass is 19.4. The summed E-state index contributed by atoms with van der Waals surface area (Å²) < 4.78 is 41.8. The van der Waals surface area contributed by atoms with Crippen molar-refractivity contribution in [1.29, 1.82) is 0 Å². The second-order valence-corrected chi connectivity index (χ2v) is 6.60. The van der Waals surface area contributed by atoms with Gasteiger partial charge in [-0.2, -0.15) is 18.3 Å². The molecule has 10 heteroatoms. The van der Waals surface area contributed by atoms with Gasteiger partial charge in [-0.05, 0) is 24.3 Å². The number of alkyl halides is 3.